The Bertz CT molecular complexity index is 746. The minimum atomic E-state index is -3.49. The van der Waals surface area contributed by atoms with Gasteiger partial charge in [0.2, 0.25) is 0 Å². The highest BCUT2D eigenvalue weighted by molar-refractivity contribution is 7.87. The number of hydrogen-bond donors (Lipinski definition) is 1. The molecule has 3 rings (SSSR count). The SMILES string of the molecule is C[C@@H]1CCCN(S(=O)(=O)NCc2cccnc2-n2cncn2)C1. The molecule has 1 aliphatic heterocycles. The maximum Gasteiger partial charge on any atom is 0.279 e. The second-order valence-electron chi connectivity index (χ2n) is 5.76. The van der Waals surface area contributed by atoms with Gasteiger partial charge in [-0.05, 0) is 24.8 Å². The Hall–Kier alpha value is -1.84. The number of nitrogens with zero attached hydrogens (tertiary/aromatic N) is 5. The van der Waals surface area contributed by atoms with Crippen LogP contribution in [-0.2, 0) is 16.8 Å². The van der Waals surface area contributed by atoms with Gasteiger partial charge in [0.1, 0.15) is 12.7 Å². The van der Waals surface area contributed by atoms with Gasteiger partial charge in [0.25, 0.3) is 10.2 Å². The average Bonchev–Trinajstić information content (AvgIpc) is 3.08. The largest absolute Gasteiger partial charge is 0.279 e. The van der Waals surface area contributed by atoms with Crippen molar-refractivity contribution in [2.45, 2.75) is 26.3 Å². The minimum Gasteiger partial charge on any atom is -0.237 e. The quantitative estimate of drug-likeness (QED) is 0.869. The van der Waals surface area contributed by atoms with Gasteiger partial charge in [0.05, 0.1) is 0 Å². The fourth-order valence-corrected chi connectivity index (χ4v) is 4.06. The van der Waals surface area contributed by atoms with Gasteiger partial charge in [-0.15, -0.1) is 0 Å². The van der Waals surface area contributed by atoms with Crippen molar-refractivity contribution in [1.82, 2.24) is 28.8 Å². The van der Waals surface area contributed by atoms with Crippen molar-refractivity contribution in [2.75, 3.05) is 13.1 Å². The molecule has 2 aromatic heterocycles. The summed E-state index contributed by atoms with van der Waals surface area (Å²) in [6.07, 6.45) is 6.57. The lowest BCUT2D eigenvalue weighted by atomic mass is 10.0. The highest BCUT2D eigenvalue weighted by Gasteiger charge is 2.26. The monoisotopic (exact) mass is 336 g/mol. The number of piperidine rings is 1. The van der Waals surface area contributed by atoms with E-state index < -0.39 is 10.2 Å². The summed E-state index contributed by atoms with van der Waals surface area (Å²) in [5, 5.41) is 4.05. The first-order valence-corrected chi connectivity index (χ1v) is 9.04. The van der Waals surface area contributed by atoms with E-state index in [0.29, 0.717) is 24.8 Å². The third-order valence-electron chi connectivity index (χ3n) is 3.91. The molecule has 9 heteroatoms. The fraction of sp³-hybridized carbons (Fsp3) is 0.500. The first-order chi connectivity index (χ1) is 11.1. The molecular formula is C14H20N6O2S. The molecule has 8 nitrogen and oxygen atoms in total. The van der Waals surface area contributed by atoms with Crippen LogP contribution in [0.5, 0.6) is 0 Å². The Labute approximate surface area is 135 Å². The molecule has 2 aromatic rings. The van der Waals surface area contributed by atoms with Crippen molar-refractivity contribution in [3.05, 3.63) is 36.5 Å². The molecule has 0 aromatic carbocycles. The molecule has 0 saturated carbocycles. The van der Waals surface area contributed by atoms with E-state index >= 15 is 0 Å². The second-order valence-corrected chi connectivity index (χ2v) is 7.51. The first kappa shape index (κ1) is 16.0. The maximum atomic E-state index is 12.5. The summed E-state index contributed by atoms with van der Waals surface area (Å²) in [6, 6.07) is 3.60. The van der Waals surface area contributed by atoms with Gasteiger partial charge in [0, 0.05) is 31.4 Å². The number of aromatic nitrogens is 4. The first-order valence-electron chi connectivity index (χ1n) is 7.60. The Morgan fingerprint density at radius 3 is 3.04 bits per heavy atom. The molecule has 3 heterocycles. The molecule has 1 N–H and O–H groups in total. The molecule has 0 aliphatic carbocycles. The summed E-state index contributed by atoms with van der Waals surface area (Å²) in [7, 11) is -3.49. The lowest BCUT2D eigenvalue weighted by molar-refractivity contribution is 0.278. The lowest BCUT2D eigenvalue weighted by Crippen LogP contribution is -2.45. The molecule has 1 aliphatic rings. The van der Waals surface area contributed by atoms with Crippen molar-refractivity contribution in [3.8, 4) is 5.82 Å². The van der Waals surface area contributed by atoms with Gasteiger partial charge < -0.3 is 0 Å². The lowest BCUT2D eigenvalue weighted by Gasteiger charge is -2.30. The summed E-state index contributed by atoms with van der Waals surface area (Å²) < 4.78 is 30.6. The zero-order valence-electron chi connectivity index (χ0n) is 13.0. The summed E-state index contributed by atoms with van der Waals surface area (Å²) >= 11 is 0. The molecule has 1 saturated heterocycles. The number of pyridine rings is 1. The third-order valence-corrected chi connectivity index (χ3v) is 5.43. The smallest absolute Gasteiger partial charge is 0.237 e. The van der Waals surface area contributed by atoms with Gasteiger partial charge in [-0.1, -0.05) is 13.0 Å². The van der Waals surface area contributed by atoms with E-state index in [4.69, 9.17) is 0 Å². The predicted octanol–water partition coefficient (Wildman–Crippen LogP) is 0.729. The van der Waals surface area contributed by atoms with Gasteiger partial charge in [0.15, 0.2) is 5.82 Å². The van der Waals surface area contributed by atoms with Crippen LogP contribution in [0.2, 0.25) is 0 Å². The van der Waals surface area contributed by atoms with E-state index in [9.17, 15) is 8.42 Å². The van der Waals surface area contributed by atoms with Crippen LogP contribution in [0.15, 0.2) is 31.0 Å². The van der Waals surface area contributed by atoms with Crippen LogP contribution in [0.3, 0.4) is 0 Å². The molecule has 124 valence electrons. The summed E-state index contributed by atoms with van der Waals surface area (Å²) in [4.78, 5) is 8.15. The fourth-order valence-electron chi connectivity index (χ4n) is 2.72. The topological polar surface area (TPSA) is 93.0 Å². The van der Waals surface area contributed by atoms with Gasteiger partial charge in [-0.2, -0.15) is 22.5 Å². The van der Waals surface area contributed by atoms with E-state index in [2.05, 4.69) is 26.7 Å². The molecule has 1 fully saturated rings. The molecule has 0 spiro atoms. The minimum absolute atomic E-state index is 0.163. The standard InChI is InChI=1S/C14H20N6O2S/c1-12-4-3-7-19(9-12)23(21,22)18-8-13-5-2-6-16-14(13)20-11-15-10-17-20/h2,5-6,10-12,18H,3-4,7-9H2,1H3/t12-/m1/s1. The van der Waals surface area contributed by atoms with Crippen LogP contribution < -0.4 is 4.72 Å². The highest BCUT2D eigenvalue weighted by atomic mass is 32.2. The number of rotatable bonds is 5. The van der Waals surface area contributed by atoms with Crippen LogP contribution >= 0.6 is 0 Å². The molecule has 0 unspecified atom stereocenters. The van der Waals surface area contributed by atoms with Crippen molar-refractivity contribution in [1.29, 1.82) is 0 Å². The van der Waals surface area contributed by atoms with E-state index in [1.807, 2.05) is 6.07 Å². The molecule has 0 radical (unpaired) electrons. The van der Waals surface area contributed by atoms with Crippen molar-refractivity contribution >= 4 is 10.2 Å². The molecule has 23 heavy (non-hydrogen) atoms. The van der Waals surface area contributed by atoms with Crippen molar-refractivity contribution in [2.24, 2.45) is 5.92 Å². The van der Waals surface area contributed by atoms with E-state index in [1.165, 1.54) is 21.6 Å². The van der Waals surface area contributed by atoms with Crippen LogP contribution in [0.4, 0.5) is 0 Å². The summed E-state index contributed by atoms with van der Waals surface area (Å²) in [6.45, 7) is 3.38. The zero-order valence-corrected chi connectivity index (χ0v) is 13.8. The predicted molar refractivity (Wildman–Crippen MR) is 84.9 cm³/mol. The van der Waals surface area contributed by atoms with E-state index in [-0.39, 0.29) is 6.54 Å². The third kappa shape index (κ3) is 3.74. The molecule has 0 amide bonds. The highest BCUT2D eigenvalue weighted by Crippen LogP contribution is 2.18. The Kier molecular flexibility index (Phi) is 4.69. The Morgan fingerprint density at radius 1 is 1.43 bits per heavy atom. The van der Waals surface area contributed by atoms with Crippen LogP contribution in [0, 0.1) is 5.92 Å². The van der Waals surface area contributed by atoms with Gasteiger partial charge >= 0.3 is 0 Å². The van der Waals surface area contributed by atoms with Crippen molar-refractivity contribution in [3.63, 3.8) is 0 Å². The maximum absolute atomic E-state index is 12.5. The van der Waals surface area contributed by atoms with Crippen LogP contribution in [0.25, 0.3) is 5.82 Å². The van der Waals surface area contributed by atoms with Crippen molar-refractivity contribution < 1.29 is 8.42 Å². The van der Waals surface area contributed by atoms with Crippen LogP contribution in [-0.4, -0.2) is 45.6 Å². The number of nitrogens with one attached hydrogen (secondary N) is 1. The molecule has 1 atom stereocenters. The summed E-state index contributed by atoms with van der Waals surface area (Å²) in [5.41, 5.74) is 0.742. The summed E-state index contributed by atoms with van der Waals surface area (Å²) in [5.74, 6) is 0.962. The second kappa shape index (κ2) is 6.73. The van der Waals surface area contributed by atoms with E-state index in [1.54, 1.807) is 12.3 Å². The van der Waals surface area contributed by atoms with Crippen LogP contribution in [0.1, 0.15) is 25.3 Å². The number of hydrogen-bond acceptors (Lipinski definition) is 5. The van der Waals surface area contributed by atoms with Gasteiger partial charge in [-0.3, -0.25) is 0 Å². The van der Waals surface area contributed by atoms with E-state index in [0.717, 1.165) is 18.4 Å². The Morgan fingerprint density at radius 2 is 2.30 bits per heavy atom. The van der Waals surface area contributed by atoms with Gasteiger partial charge in [-0.25, -0.2) is 14.6 Å². The molecule has 0 bridgehead atoms. The molecular weight excluding hydrogens is 316 g/mol. The Balaban J connectivity index is 1.73. The zero-order chi connectivity index (χ0) is 16.3. The normalized spacial score (nSPS) is 19.8. The average molecular weight is 336 g/mol.